The number of aliphatic hydroxyl groups excluding tert-OH is 9. The van der Waals surface area contributed by atoms with Gasteiger partial charge >= 0.3 is 17.9 Å². The van der Waals surface area contributed by atoms with Crippen LogP contribution in [0.2, 0.25) is 0 Å². The van der Waals surface area contributed by atoms with Gasteiger partial charge < -0.3 is 136 Å². The molecule has 9 N–H and O–H groups in total. The summed E-state index contributed by atoms with van der Waals surface area (Å²) in [7, 11) is 12.3. The topological polar surface area (TPSA) is 409 Å². The van der Waals surface area contributed by atoms with Gasteiger partial charge in [-0.25, -0.2) is 14.4 Å². The van der Waals surface area contributed by atoms with Crippen LogP contribution < -0.4 is 0 Å². The Bertz CT molecular complexity index is 3250. The fourth-order valence-corrected chi connectivity index (χ4v) is 18.4. The van der Waals surface area contributed by atoms with Crippen molar-refractivity contribution in [3.05, 3.63) is 71.9 Å². The van der Waals surface area contributed by atoms with Gasteiger partial charge in [-0.1, -0.05) is 101 Å². The number of aliphatic hydroxyl groups is 9. The number of carbonyl (C=O) groups is 3. The normalized spacial score (nSPS) is 39.6. The molecule has 0 saturated carbocycles. The average Bonchev–Trinajstić information content (AvgIpc) is 0.798. The highest BCUT2D eigenvalue weighted by molar-refractivity contribution is 5.83. The van der Waals surface area contributed by atoms with Gasteiger partial charge in [-0.05, 0) is 129 Å². The van der Waals surface area contributed by atoms with Crippen molar-refractivity contribution in [1.82, 2.24) is 0 Å². The number of esters is 3. The van der Waals surface area contributed by atoms with Crippen LogP contribution in [0.1, 0.15) is 198 Å². The lowest BCUT2D eigenvalue weighted by Crippen LogP contribution is -2.58. The van der Waals surface area contributed by atoms with Crippen LogP contribution in [0.15, 0.2) is 71.9 Å². The summed E-state index contributed by atoms with van der Waals surface area (Å²) in [4.78, 5) is 41.9. The van der Waals surface area contributed by atoms with Crippen molar-refractivity contribution in [2.45, 2.75) is 387 Å². The molecule has 4 saturated heterocycles. The molecule has 0 radical (unpaired) electrons. The number of hydrogen-bond acceptors (Lipinski definition) is 31. The van der Waals surface area contributed by atoms with Gasteiger partial charge in [0, 0.05) is 131 Å². The lowest BCUT2D eigenvalue weighted by Gasteiger charge is -2.42. The Kier molecular flexibility index (Phi) is 47.1. The van der Waals surface area contributed by atoms with Crippen LogP contribution in [0.3, 0.4) is 0 Å². The zero-order valence-electron chi connectivity index (χ0n) is 76.9. The highest BCUT2D eigenvalue weighted by atomic mass is 16.7. The summed E-state index contributed by atoms with van der Waals surface area (Å²) in [6.45, 7) is 17.8. The van der Waals surface area contributed by atoms with Crippen molar-refractivity contribution in [2.24, 2.45) is 35.5 Å². The van der Waals surface area contributed by atoms with Gasteiger partial charge in [0.1, 0.15) is 42.7 Å². The van der Waals surface area contributed by atoms with Crippen LogP contribution in [0, 0.1) is 35.5 Å². The van der Waals surface area contributed by atoms with E-state index in [1.165, 1.54) is 47.7 Å². The van der Waals surface area contributed by atoms with Gasteiger partial charge in [0.05, 0.1) is 142 Å². The van der Waals surface area contributed by atoms with E-state index in [1.807, 2.05) is 84.9 Å². The Morgan fingerprint density at radius 3 is 1.27 bits per heavy atom. The van der Waals surface area contributed by atoms with E-state index >= 15 is 0 Å². The second kappa shape index (κ2) is 54.6. The van der Waals surface area contributed by atoms with Gasteiger partial charge in [0.2, 0.25) is 0 Å². The van der Waals surface area contributed by atoms with Crippen LogP contribution in [-0.4, -0.2) is 330 Å². The SMILES string of the molecule is CO[C@H]1C[C@H](CC[C@H](C)[C@H](O)[C@H](C)[C@@H]2C[C@H](O)C[C@H](O)[C@H](C)[C@@H](OC)C[C@@H]3CC=C[C@@H](C[C@@H](O[C@H]4OC[C@H](OC)[C@@H](OC)[C@@H]4OC(=O)[C@H](O)CO)CC=C(C)/C=C/C(=O)O[C@H]([C@@H](C)[C@@H](O)[C@@H](C)CC[C@H]4C[C@H](OC)C[C@H](C)O4)C[C@H](O)C[C@H](O)[C@H](C)[C@@H](OC)C[C@@H]4CC=C[C@@H](C[C@@H](O[C@H]5OC[C@H](OC)[C@@H](OC)[C@@H]5O)C/C=C(\C)C=CC(=O)O2)O4)O3)O[C@@H](C)C1. The number of methoxy groups -OCH3 is 8. The lowest BCUT2D eigenvalue weighted by molar-refractivity contribution is -0.296. The molecule has 714 valence electrons. The number of rotatable bonds is 27. The second-order valence-electron chi connectivity index (χ2n) is 36.1. The minimum atomic E-state index is -1.89. The van der Waals surface area contributed by atoms with E-state index < -0.39 is 201 Å². The molecule has 4 fully saturated rings. The van der Waals surface area contributed by atoms with Gasteiger partial charge in [0.15, 0.2) is 24.8 Å². The minimum absolute atomic E-state index is 0.000978. The smallest absolute Gasteiger partial charge is 0.337 e. The molecule has 0 spiro atoms. The molecule has 0 aromatic rings. The van der Waals surface area contributed by atoms with Crippen LogP contribution in [0.5, 0.6) is 0 Å². The number of hydrogen-bond donors (Lipinski definition) is 9. The first-order valence-corrected chi connectivity index (χ1v) is 45.2. The van der Waals surface area contributed by atoms with Gasteiger partial charge in [-0.15, -0.1) is 0 Å². The first kappa shape index (κ1) is 107. The van der Waals surface area contributed by atoms with E-state index in [2.05, 4.69) is 0 Å². The van der Waals surface area contributed by atoms with Crippen molar-refractivity contribution in [1.29, 1.82) is 0 Å². The van der Waals surface area contributed by atoms with Crippen molar-refractivity contribution in [2.75, 3.05) is 76.7 Å². The molecule has 0 aliphatic carbocycles. The molecule has 4 bridgehead atoms. The predicted octanol–water partition coefficient (Wildman–Crippen LogP) is 8.06. The van der Waals surface area contributed by atoms with Crippen LogP contribution >= 0.6 is 0 Å². The number of ether oxygens (including phenoxy) is 19. The zero-order chi connectivity index (χ0) is 91.0. The standard InChI is InChI=1S/C93H156O31/c1-52-25-31-70(120-92-87(104)88(112-17)81(110-15)50-114-92)43-64-21-19-23-66(118-64)47-77(108-13)58(7)74(97)39-62(95)42-80(61(10)86(103)55(4)30-34-69-46-73(107-12)38-57(6)117-69)123-84(101)36-28-53(2)26-32-71(121-93-90(124-91(105)76(99)49-94)89(113-18)82(111-16)51-115-93)44-65-22-20-24-67(119-65)48-78(109-14)59(8)75(98)40-63(96)41-79(122-83(100)35-27-52)60(9)85(102)54(3)29-33-68-45-72(106-11)37-56(5)116-68/h19-22,25-28,35-36,54-82,85-90,92-99,102-104H,23-24,29-34,37-51H2,1-18H3/b35-27?,36-28+,52-25+,53-26?/t54-,55-,56-,57-,58-,59-,60+,61+,62+,63+,64-,65-,66-,67-,68-,69-,70-,71-,72+,73+,74-,75-,76+,77-,78-,79-,80-,81-,82-,85-,86-,87-,88+,89+,90-,92+,93+/m0/s1. The molecular weight excluding hydrogens is 1610 g/mol. The Labute approximate surface area is 736 Å². The highest BCUT2D eigenvalue weighted by Crippen LogP contribution is 2.38. The Hall–Kier alpha value is -4.15. The molecule has 0 aromatic heterocycles. The molecule has 7 heterocycles. The summed E-state index contributed by atoms with van der Waals surface area (Å²) in [5.74, 6) is -5.84. The zero-order valence-corrected chi connectivity index (χ0v) is 76.9. The Balaban J connectivity index is 1.21. The average molecular weight is 1770 g/mol. The summed E-state index contributed by atoms with van der Waals surface area (Å²) in [6, 6.07) is 0. The van der Waals surface area contributed by atoms with E-state index in [0.29, 0.717) is 68.9 Å². The molecular formula is C93H156O31. The predicted molar refractivity (Wildman–Crippen MR) is 458 cm³/mol. The number of carbonyl (C=O) groups excluding carboxylic acids is 3. The van der Waals surface area contributed by atoms with Crippen molar-refractivity contribution >= 4 is 17.9 Å². The quantitative estimate of drug-likeness (QED) is 0.0213. The molecule has 31 nitrogen and oxygen atoms in total. The summed E-state index contributed by atoms with van der Waals surface area (Å²) in [5.41, 5.74) is 1.23. The summed E-state index contributed by atoms with van der Waals surface area (Å²) < 4.78 is 117. The van der Waals surface area contributed by atoms with Crippen LogP contribution in [-0.2, 0) is 104 Å². The van der Waals surface area contributed by atoms with Crippen LogP contribution in [0.4, 0.5) is 0 Å². The van der Waals surface area contributed by atoms with Gasteiger partial charge in [-0.3, -0.25) is 0 Å². The van der Waals surface area contributed by atoms with Crippen molar-refractivity contribution in [3.63, 3.8) is 0 Å². The third-order valence-corrected chi connectivity index (χ3v) is 26.5. The monoisotopic (exact) mass is 1770 g/mol. The Morgan fingerprint density at radius 2 is 0.871 bits per heavy atom. The molecule has 7 aliphatic heterocycles. The van der Waals surface area contributed by atoms with Crippen molar-refractivity contribution < 1.29 is 150 Å². The maximum Gasteiger partial charge on any atom is 0.337 e. The third-order valence-electron chi connectivity index (χ3n) is 26.5. The summed E-state index contributed by atoms with van der Waals surface area (Å²) >= 11 is 0. The molecule has 0 aromatic carbocycles. The molecule has 0 unspecified atom stereocenters. The maximum absolute atomic E-state index is 14.4. The minimum Gasteiger partial charge on any atom is -0.459 e. The first-order chi connectivity index (χ1) is 59.1. The number of fused-ring (bicyclic) bond motifs is 4. The molecule has 37 atom stereocenters. The van der Waals surface area contributed by atoms with Crippen LogP contribution in [0.25, 0.3) is 0 Å². The number of cyclic esters (lactones) is 2. The maximum atomic E-state index is 14.4. The molecule has 31 heteroatoms. The van der Waals surface area contributed by atoms with E-state index in [0.717, 1.165) is 19.3 Å². The van der Waals surface area contributed by atoms with Gasteiger partial charge in [0.25, 0.3) is 0 Å². The molecule has 7 aliphatic rings. The van der Waals surface area contributed by atoms with Crippen molar-refractivity contribution in [3.8, 4) is 0 Å². The fraction of sp³-hybridized carbons (Fsp3) is 0.839. The second-order valence-corrected chi connectivity index (χ2v) is 36.1. The third kappa shape index (κ3) is 33.9. The van der Waals surface area contributed by atoms with E-state index in [4.69, 9.17) is 90.0 Å². The lowest BCUT2D eigenvalue weighted by atomic mass is 9.83. The number of allylic oxidation sites excluding steroid dienone is 4. The summed E-state index contributed by atoms with van der Waals surface area (Å²) in [5, 5.41) is 105. The molecule has 124 heavy (non-hydrogen) atoms. The first-order valence-electron chi connectivity index (χ1n) is 45.2. The highest BCUT2D eigenvalue weighted by Gasteiger charge is 2.48. The van der Waals surface area contributed by atoms with Gasteiger partial charge in [-0.2, -0.15) is 0 Å². The molecule has 7 rings (SSSR count). The van der Waals surface area contributed by atoms with E-state index in [1.54, 1.807) is 54.3 Å². The summed E-state index contributed by atoms with van der Waals surface area (Å²) in [6.07, 6.45) is 0.924. The largest absolute Gasteiger partial charge is 0.459 e. The van der Waals surface area contributed by atoms with E-state index in [-0.39, 0.29) is 113 Å². The molecule has 0 amide bonds. The fourth-order valence-electron chi connectivity index (χ4n) is 18.4. The Morgan fingerprint density at radius 1 is 0.460 bits per heavy atom. The van der Waals surface area contributed by atoms with E-state index in [9.17, 15) is 60.3 Å².